The Bertz CT molecular complexity index is 3550. The second kappa shape index (κ2) is 13.1. The Hall–Kier alpha value is -7.47. The zero-order valence-electron chi connectivity index (χ0n) is 31.2. The summed E-state index contributed by atoms with van der Waals surface area (Å²) in [4.78, 5) is 15.8. The van der Waals surface area contributed by atoms with Gasteiger partial charge in [-0.05, 0) is 68.6 Å². The van der Waals surface area contributed by atoms with E-state index in [0.29, 0.717) is 17.6 Å². The average Bonchev–Trinajstić information content (AvgIpc) is 3.84. The molecule has 12 rings (SSSR count). The van der Waals surface area contributed by atoms with Gasteiger partial charge in [0.05, 0.1) is 11.0 Å². The molecular formula is C53H32N4S. The molecule has 58 heavy (non-hydrogen) atoms. The Labute approximate surface area is 338 Å². The number of thiophene rings is 1. The van der Waals surface area contributed by atoms with Crippen molar-refractivity contribution in [1.82, 2.24) is 19.5 Å². The molecule has 0 radical (unpaired) electrons. The molecule has 0 aliphatic heterocycles. The van der Waals surface area contributed by atoms with Crippen molar-refractivity contribution in [3.8, 4) is 51.0 Å². The van der Waals surface area contributed by atoms with E-state index < -0.39 is 0 Å². The fourth-order valence-corrected chi connectivity index (χ4v) is 9.76. The summed E-state index contributed by atoms with van der Waals surface area (Å²) in [5, 5.41) is 9.77. The highest BCUT2D eigenvalue weighted by Gasteiger charge is 2.22. The molecule has 0 aliphatic rings. The maximum atomic E-state index is 5.35. The topological polar surface area (TPSA) is 43.6 Å². The third-order valence-electron chi connectivity index (χ3n) is 11.4. The first-order valence-electron chi connectivity index (χ1n) is 19.5. The molecule has 4 nitrogen and oxygen atoms in total. The van der Waals surface area contributed by atoms with Crippen molar-refractivity contribution in [2.24, 2.45) is 0 Å². The van der Waals surface area contributed by atoms with Crippen molar-refractivity contribution < 1.29 is 0 Å². The first-order chi connectivity index (χ1) is 28.7. The molecule has 0 fully saturated rings. The Morgan fingerprint density at radius 2 is 0.948 bits per heavy atom. The van der Waals surface area contributed by atoms with Crippen LogP contribution in [0.2, 0.25) is 0 Å². The molecule has 270 valence electrons. The summed E-state index contributed by atoms with van der Waals surface area (Å²) in [6, 6.07) is 69.2. The summed E-state index contributed by atoms with van der Waals surface area (Å²) in [5.74, 6) is 1.82. The van der Waals surface area contributed by atoms with Crippen LogP contribution in [0.15, 0.2) is 194 Å². The molecular weight excluding hydrogens is 725 g/mol. The quantitative estimate of drug-likeness (QED) is 0.176. The van der Waals surface area contributed by atoms with Crippen LogP contribution in [0.1, 0.15) is 0 Å². The number of fused-ring (bicyclic) bond motifs is 9. The maximum Gasteiger partial charge on any atom is 0.238 e. The highest BCUT2D eigenvalue weighted by Crippen LogP contribution is 2.43. The van der Waals surface area contributed by atoms with Crippen molar-refractivity contribution in [3.63, 3.8) is 0 Å². The predicted molar refractivity (Wildman–Crippen MR) is 244 cm³/mol. The molecule has 0 unspecified atom stereocenters. The van der Waals surface area contributed by atoms with Crippen LogP contribution in [0.5, 0.6) is 0 Å². The minimum absolute atomic E-state index is 0.576. The Morgan fingerprint density at radius 3 is 1.72 bits per heavy atom. The van der Waals surface area contributed by atoms with Gasteiger partial charge in [-0.1, -0.05) is 164 Å². The Kier molecular flexibility index (Phi) is 7.37. The molecule has 0 amide bonds. The molecule has 0 saturated heterocycles. The fourth-order valence-electron chi connectivity index (χ4n) is 8.66. The van der Waals surface area contributed by atoms with Crippen molar-refractivity contribution in [2.45, 2.75) is 0 Å². The third kappa shape index (κ3) is 5.25. The predicted octanol–water partition coefficient (Wildman–Crippen LogP) is 14.3. The van der Waals surface area contributed by atoms with Crippen molar-refractivity contribution in [3.05, 3.63) is 194 Å². The minimum atomic E-state index is 0.576. The van der Waals surface area contributed by atoms with Gasteiger partial charge in [0.2, 0.25) is 5.95 Å². The summed E-state index contributed by atoms with van der Waals surface area (Å²) in [6.45, 7) is 0. The first kappa shape index (κ1) is 32.7. The van der Waals surface area contributed by atoms with Crippen LogP contribution in [0.3, 0.4) is 0 Å². The molecule has 0 aliphatic carbocycles. The van der Waals surface area contributed by atoms with E-state index in [1.54, 1.807) is 0 Å². The van der Waals surface area contributed by atoms with Crippen LogP contribution in [0.25, 0.3) is 115 Å². The van der Waals surface area contributed by atoms with Gasteiger partial charge in [-0.3, -0.25) is 4.57 Å². The molecule has 5 heteroatoms. The first-order valence-corrected chi connectivity index (χ1v) is 20.3. The van der Waals surface area contributed by atoms with E-state index in [1.165, 1.54) is 41.9 Å². The van der Waals surface area contributed by atoms with E-state index in [1.807, 2.05) is 35.6 Å². The molecule has 3 heterocycles. The molecule has 0 saturated carbocycles. The van der Waals surface area contributed by atoms with Crippen LogP contribution in [-0.4, -0.2) is 19.5 Å². The third-order valence-corrected chi connectivity index (χ3v) is 12.6. The van der Waals surface area contributed by atoms with Gasteiger partial charge in [0.15, 0.2) is 11.6 Å². The molecule has 0 bridgehead atoms. The number of hydrogen-bond acceptors (Lipinski definition) is 4. The van der Waals surface area contributed by atoms with Crippen molar-refractivity contribution in [2.75, 3.05) is 0 Å². The number of hydrogen-bond donors (Lipinski definition) is 0. The number of nitrogens with zero attached hydrogens (tertiary/aromatic N) is 4. The second-order valence-electron chi connectivity index (χ2n) is 14.8. The van der Waals surface area contributed by atoms with E-state index >= 15 is 0 Å². The lowest BCUT2D eigenvalue weighted by Gasteiger charge is -2.13. The van der Waals surface area contributed by atoms with E-state index in [-0.39, 0.29) is 0 Å². The number of benzene rings is 9. The van der Waals surface area contributed by atoms with E-state index in [2.05, 4.69) is 174 Å². The maximum absolute atomic E-state index is 5.35. The van der Waals surface area contributed by atoms with Gasteiger partial charge in [0, 0.05) is 47.6 Å². The summed E-state index contributed by atoms with van der Waals surface area (Å²) in [5.41, 5.74) is 8.54. The number of aromatic nitrogens is 4. The van der Waals surface area contributed by atoms with E-state index in [0.717, 1.165) is 55.0 Å². The van der Waals surface area contributed by atoms with Crippen LogP contribution in [-0.2, 0) is 0 Å². The van der Waals surface area contributed by atoms with Gasteiger partial charge in [-0.25, -0.2) is 4.98 Å². The van der Waals surface area contributed by atoms with Gasteiger partial charge in [-0.15, -0.1) is 11.3 Å². The molecule has 12 aromatic rings. The standard InChI is InChI=1S/C53H32N4S/c1-3-12-33(13-4-1)34-22-24-37(25-23-34)52-54-51(36-15-5-2-6-16-36)55-53(56-52)57-46-32-39-18-8-7-17-38(39)30-44(46)43-21-11-20-42(50(43)57)40-27-28-47-45(31-40)49-41-19-10-9-14-35(41)26-29-48(49)58-47/h1-32H. The zero-order chi connectivity index (χ0) is 38.2. The molecule has 0 N–H and O–H groups in total. The molecule has 9 aromatic carbocycles. The summed E-state index contributed by atoms with van der Waals surface area (Å²) in [6.07, 6.45) is 0. The summed E-state index contributed by atoms with van der Waals surface area (Å²) < 4.78 is 4.85. The largest absolute Gasteiger partial charge is 0.277 e. The summed E-state index contributed by atoms with van der Waals surface area (Å²) >= 11 is 1.86. The fraction of sp³-hybridized carbons (Fsp3) is 0. The lowest BCUT2D eigenvalue weighted by atomic mass is 9.98. The van der Waals surface area contributed by atoms with Gasteiger partial charge >= 0.3 is 0 Å². The number of para-hydroxylation sites is 1. The Morgan fingerprint density at radius 1 is 0.362 bits per heavy atom. The lowest BCUT2D eigenvalue weighted by molar-refractivity contribution is 0.954. The second-order valence-corrected chi connectivity index (χ2v) is 15.9. The summed E-state index contributed by atoms with van der Waals surface area (Å²) in [7, 11) is 0. The van der Waals surface area contributed by atoms with Crippen LogP contribution < -0.4 is 0 Å². The van der Waals surface area contributed by atoms with Crippen LogP contribution in [0, 0.1) is 0 Å². The highest BCUT2D eigenvalue weighted by molar-refractivity contribution is 7.26. The van der Waals surface area contributed by atoms with Gasteiger partial charge in [-0.2, -0.15) is 9.97 Å². The van der Waals surface area contributed by atoms with Crippen molar-refractivity contribution >= 4 is 74.9 Å². The highest BCUT2D eigenvalue weighted by atomic mass is 32.1. The molecule has 0 spiro atoms. The van der Waals surface area contributed by atoms with Gasteiger partial charge in [0.25, 0.3) is 0 Å². The monoisotopic (exact) mass is 756 g/mol. The van der Waals surface area contributed by atoms with Crippen LogP contribution in [0.4, 0.5) is 0 Å². The van der Waals surface area contributed by atoms with Crippen LogP contribution >= 0.6 is 11.3 Å². The minimum Gasteiger partial charge on any atom is -0.277 e. The normalized spacial score (nSPS) is 11.8. The molecule has 0 atom stereocenters. The average molecular weight is 757 g/mol. The van der Waals surface area contributed by atoms with Gasteiger partial charge < -0.3 is 0 Å². The van der Waals surface area contributed by atoms with Gasteiger partial charge in [0.1, 0.15) is 0 Å². The lowest BCUT2D eigenvalue weighted by Crippen LogP contribution is -2.07. The number of rotatable bonds is 5. The smallest absolute Gasteiger partial charge is 0.238 e. The zero-order valence-corrected chi connectivity index (χ0v) is 32.0. The van der Waals surface area contributed by atoms with E-state index in [4.69, 9.17) is 15.0 Å². The SMILES string of the molecule is c1ccc(-c2ccc(-c3nc(-c4ccccc4)nc(-n4c5cc6ccccc6cc5c5cccc(-c6ccc7sc8ccc9ccccc9c8c7c6)c54)n3)cc2)cc1. The Balaban J connectivity index is 1.15. The van der Waals surface area contributed by atoms with E-state index in [9.17, 15) is 0 Å². The van der Waals surface area contributed by atoms with Crippen molar-refractivity contribution in [1.29, 1.82) is 0 Å². The molecule has 3 aromatic heterocycles.